The van der Waals surface area contributed by atoms with Crippen molar-refractivity contribution < 1.29 is 48.3 Å². The molecule has 0 unspecified atom stereocenters. The lowest BCUT2D eigenvalue weighted by Gasteiger charge is -2.19. The molecule has 0 bridgehead atoms. The van der Waals surface area contributed by atoms with E-state index in [4.69, 9.17) is 27.7 Å². The third-order valence-electron chi connectivity index (χ3n) is 8.64. The predicted molar refractivity (Wildman–Crippen MR) is 225 cm³/mol. The molecule has 246 valence electrons. The third-order valence-corrected chi connectivity index (χ3v) is 8.64. The van der Waals surface area contributed by atoms with E-state index in [2.05, 4.69) is 0 Å². The van der Waals surface area contributed by atoms with Crippen LogP contribution in [0.2, 0.25) is 0 Å². The van der Waals surface area contributed by atoms with Gasteiger partial charge >= 0.3 is 0 Å². The smallest absolute Gasteiger partial charge is 0.136 e. The monoisotopic (exact) mass is 704 g/mol. The van der Waals surface area contributed by atoms with Gasteiger partial charge in [0.25, 0.3) is 0 Å². The molecule has 53 heavy (non-hydrogen) atoms. The van der Waals surface area contributed by atoms with Crippen molar-refractivity contribution in [1.82, 2.24) is 0 Å². The van der Waals surface area contributed by atoms with Crippen LogP contribution in [0.4, 0.5) is 0 Å². The molecule has 1 heteroatoms. The number of furan rings is 1. The molecule has 10 aromatic carbocycles. The Balaban J connectivity index is 1.36. The molecule has 0 saturated carbocycles. The molecular formula is C52H32O. The molecule has 1 aromatic heterocycles. The molecule has 0 radical (unpaired) electrons. The minimum absolute atomic E-state index is 0.585. The molecule has 0 aliphatic rings. The summed E-state index contributed by atoms with van der Waals surface area (Å²) in [7, 11) is 0. The first-order valence-electron chi connectivity index (χ1n) is 31.7. The van der Waals surface area contributed by atoms with E-state index >= 15 is 0 Å². The van der Waals surface area contributed by atoms with Gasteiger partial charge in [0.1, 0.15) is 11.2 Å². The van der Waals surface area contributed by atoms with E-state index in [1.165, 1.54) is 0 Å². The van der Waals surface area contributed by atoms with Crippen molar-refractivity contribution >= 4 is 65.0 Å². The van der Waals surface area contributed by atoms with Gasteiger partial charge in [-0.25, -0.2) is 0 Å². The van der Waals surface area contributed by atoms with Crippen molar-refractivity contribution in [3.63, 3.8) is 0 Å². The molecule has 1 heterocycles. The molecule has 0 spiro atoms. The number of benzene rings is 10. The lowest BCUT2D eigenvalue weighted by atomic mass is 9.84. The van der Waals surface area contributed by atoms with Gasteiger partial charge in [-0.15, -0.1) is 0 Å². The van der Waals surface area contributed by atoms with Crippen molar-refractivity contribution in [2.75, 3.05) is 0 Å². The number of rotatable bonds is 4. The van der Waals surface area contributed by atoms with Crippen LogP contribution < -0.4 is 0 Å². The first kappa shape index (κ1) is 12.0. The summed E-state index contributed by atoms with van der Waals surface area (Å²) in [6.07, 6.45) is 0. The molecule has 11 rings (SSSR count). The normalized spacial score (nSPS) is 20.2. The first-order valence-corrected chi connectivity index (χ1v) is 15.7. The standard InChI is InChI=1S/C52H32O/c1-2-12-33(13-3-1)36-26-29-47-49(32-36)53-48-23-11-21-41(52(47)48)38-27-28-40-37(31-38)16-10-22-42(40)51-45-19-8-6-17-43(45)50(44-18-7-9-20-46(44)51)39-25-24-34-14-4-5-15-35(34)30-39/h1-32H/i1D,2D,3D,4D,5D,6D,7D,8D,9D,10D,11D,12D,13D,14D,15D,16D,17D,18D,19D,20D,21D,22D,23D,24D,25D,26D,27D,28D,29D,30D,31D,32D. The minimum Gasteiger partial charge on any atom is -0.456 e. The van der Waals surface area contributed by atoms with Gasteiger partial charge in [0.15, 0.2) is 0 Å². The Morgan fingerprint density at radius 1 is 0.302 bits per heavy atom. The zero-order chi connectivity index (χ0) is 62.7. The third kappa shape index (κ3) is 4.71. The minimum atomic E-state index is -1.12. The van der Waals surface area contributed by atoms with E-state index in [0.29, 0.717) is 0 Å². The number of hydrogen-bond donors (Lipinski definition) is 0. The Hall–Kier alpha value is -6.96. The van der Waals surface area contributed by atoms with E-state index in [1.54, 1.807) is 0 Å². The van der Waals surface area contributed by atoms with Crippen molar-refractivity contribution in [2.45, 2.75) is 0 Å². The van der Waals surface area contributed by atoms with Crippen LogP contribution in [0.25, 0.3) is 110 Å². The molecule has 0 fully saturated rings. The zero-order valence-corrected chi connectivity index (χ0v) is 26.4. The second kappa shape index (κ2) is 11.8. The largest absolute Gasteiger partial charge is 0.456 e. The zero-order valence-electron chi connectivity index (χ0n) is 58.4. The second-order valence-corrected chi connectivity index (χ2v) is 11.5. The average molecular weight is 705 g/mol. The van der Waals surface area contributed by atoms with Gasteiger partial charge in [-0.1, -0.05) is 163 Å². The van der Waals surface area contributed by atoms with Crippen molar-refractivity contribution in [1.29, 1.82) is 0 Å². The molecule has 0 atom stereocenters. The van der Waals surface area contributed by atoms with Gasteiger partial charge in [-0.05, 0) is 118 Å². The molecule has 0 aliphatic heterocycles. The highest BCUT2D eigenvalue weighted by Crippen LogP contribution is 2.46. The van der Waals surface area contributed by atoms with Crippen LogP contribution in [0.5, 0.6) is 0 Å². The van der Waals surface area contributed by atoms with Crippen LogP contribution in [0.1, 0.15) is 43.9 Å². The number of hydrogen-bond acceptors (Lipinski definition) is 1. The lowest BCUT2D eigenvalue weighted by molar-refractivity contribution is 0.669. The number of fused-ring (bicyclic) bond motifs is 7. The molecule has 11 aromatic rings. The quantitative estimate of drug-likeness (QED) is 0.166. The average Bonchev–Trinajstić information content (AvgIpc) is 1.25. The summed E-state index contributed by atoms with van der Waals surface area (Å²) in [5.74, 6) is 0. The highest BCUT2D eigenvalue weighted by molar-refractivity contribution is 6.24. The van der Waals surface area contributed by atoms with Crippen LogP contribution in [0.3, 0.4) is 0 Å². The van der Waals surface area contributed by atoms with Crippen LogP contribution in [-0.2, 0) is 0 Å². The topological polar surface area (TPSA) is 13.1 Å². The van der Waals surface area contributed by atoms with Gasteiger partial charge in [0.2, 0.25) is 0 Å². The second-order valence-electron chi connectivity index (χ2n) is 11.5. The van der Waals surface area contributed by atoms with Crippen LogP contribution in [0.15, 0.2) is 198 Å². The van der Waals surface area contributed by atoms with E-state index in [0.717, 1.165) is 0 Å². The summed E-state index contributed by atoms with van der Waals surface area (Å²) < 4.78 is 296. The van der Waals surface area contributed by atoms with E-state index in [-0.39, 0.29) is 0 Å². The molecule has 0 saturated heterocycles. The van der Waals surface area contributed by atoms with Crippen molar-refractivity contribution in [2.24, 2.45) is 0 Å². The van der Waals surface area contributed by atoms with Gasteiger partial charge in [-0.3, -0.25) is 0 Å². The van der Waals surface area contributed by atoms with Gasteiger partial charge < -0.3 is 4.42 Å². The fourth-order valence-electron chi connectivity index (χ4n) is 6.39. The molecular weight excluding hydrogens is 641 g/mol. The summed E-state index contributed by atoms with van der Waals surface area (Å²) in [5.41, 5.74) is -7.64. The van der Waals surface area contributed by atoms with E-state index in [9.17, 15) is 20.6 Å². The van der Waals surface area contributed by atoms with E-state index < -0.39 is 303 Å². The van der Waals surface area contributed by atoms with Gasteiger partial charge in [-0.2, -0.15) is 0 Å². The fourth-order valence-corrected chi connectivity index (χ4v) is 6.39. The Morgan fingerprint density at radius 2 is 0.887 bits per heavy atom. The van der Waals surface area contributed by atoms with Crippen molar-refractivity contribution in [3.8, 4) is 44.5 Å². The van der Waals surface area contributed by atoms with Crippen LogP contribution >= 0.6 is 0 Å². The summed E-state index contributed by atoms with van der Waals surface area (Å²) in [6.45, 7) is 0. The summed E-state index contributed by atoms with van der Waals surface area (Å²) in [6, 6.07) is -31.1. The maximum Gasteiger partial charge on any atom is 0.136 e. The Labute approximate surface area is 352 Å². The fraction of sp³-hybridized carbons (Fsp3) is 0. The van der Waals surface area contributed by atoms with Crippen LogP contribution in [0, 0.1) is 0 Å². The van der Waals surface area contributed by atoms with Gasteiger partial charge in [0, 0.05) is 10.8 Å². The SMILES string of the molecule is [2H]c1c([2H])c([2H])c(-c2c([2H])c([2H])c3c(oc4c([2H])c([2H])c([2H])c(-c5c([2H])c([2H])c6c(-c7c8c([2H])c([2H])c([2H])c([2H])c8c(-c8c([2H])c([2H])c9c([2H])c([2H])c([2H])c([2H])c9c8[2H])c8c([2H])c([2H])c([2H])c([2H])c78)c([2H])c([2H])c([2H])c6c5[2H])c43)c2[2H])c([2H])c1[2H]. The van der Waals surface area contributed by atoms with E-state index in [1.807, 2.05) is 0 Å². The Bertz CT molecular complexity index is 4970. The van der Waals surface area contributed by atoms with Gasteiger partial charge in [0.05, 0.1) is 43.9 Å². The molecule has 0 amide bonds. The first-order chi connectivity index (χ1) is 39.6. The Kier molecular flexibility index (Phi) is 2.68. The summed E-state index contributed by atoms with van der Waals surface area (Å²) >= 11 is 0. The molecule has 1 nitrogen and oxygen atoms in total. The highest BCUT2D eigenvalue weighted by atomic mass is 16.3. The maximum atomic E-state index is 9.91. The maximum absolute atomic E-state index is 9.91. The Morgan fingerprint density at radius 3 is 1.68 bits per heavy atom. The highest BCUT2D eigenvalue weighted by Gasteiger charge is 2.19. The molecule has 0 N–H and O–H groups in total. The predicted octanol–water partition coefficient (Wildman–Crippen LogP) is 14.9. The van der Waals surface area contributed by atoms with Crippen LogP contribution in [-0.4, -0.2) is 0 Å². The molecule has 0 aliphatic carbocycles. The van der Waals surface area contributed by atoms with Crippen molar-refractivity contribution in [3.05, 3.63) is 193 Å². The summed E-state index contributed by atoms with van der Waals surface area (Å²) in [5, 5.41) is -7.31. The lowest BCUT2D eigenvalue weighted by Crippen LogP contribution is -1.92. The summed E-state index contributed by atoms with van der Waals surface area (Å²) in [4.78, 5) is 0.